The minimum Gasteiger partial charge on any atom is -0.477 e. The SMILES string of the molecule is C#CCCCCNCc1cccc([N+](=O)[O-])c1C(=O)O. The normalized spacial score (nSPS) is 9.95. The summed E-state index contributed by atoms with van der Waals surface area (Å²) in [6.07, 6.45) is 7.61. The number of nitro groups is 1. The van der Waals surface area contributed by atoms with E-state index < -0.39 is 10.9 Å². The van der Waals surface area contributed by atoms with Crippen LogP contribution in [0.15, 0.2) is 18.2 Å². The van der Waals surface area contributed by atoms with Gasteiger partial charge < -0.3 is 10.4 Å². The molecule has 0 unspecified atom stereocenters. The van der Waals surface area contributed by atoms with Crippen LogP contribution in [-0.4, -0.2) is 22.5 Å². The van der Waals surface area contributed by atoms with Gasteiger partial charge in [0.25, 0.3) is 5.69 Å². The van der Waals surface area contributed by atoms with E-state index >= 15 is 0 Å². The molecule has 1 aromatic carbocycles. The molecule has 1 rings (SSSR count). The van der Waals surface area contributed by atoms with Gasteiger partial charge in [-0.25, -0.2) is 4.79 Å². The van der Waals surface area contributed by atoms with Crippen molar-refractivity contribution in [2.45, 2.75) is 25.8 Å². The third-order valence-corrected chi connectivity index (χ3v) is 2.78. The number of terminal acetylenes is 1. The lowest BCUT2D eigenvalue weighted by molar-refractivity contribution is -0.385. The average Bonchev–Trinajstić information content (AvgIpc) is 2.42. The molecule has 0 aliphatic rings. The number of hydrogen-bond donors (Lipinski definition) is 2. The summed E-state index contributed by atoms with van der Waals surface area (Å²) >= 11 is 0. The molecule has 0 saturated heterocycles. The van der Waals surface area contributed by atoms with Gasteiger partial charge in [0.15, 0.2) is 0 Å². The standard InChI is InChI=1S/C14H16N2O4/c1-2-3-4-5-9-15-10-11-7-6-8-12(16(19)20)13(11)14(17)18/h1,6-8,15H,3-5,9-10H2,(H,17,18). The van der Waals surface area contributed by atoms with Gasteiger partial charge in [0.05, 0.1) is 4.92 Å². The first-order chi connectivity index (χ1) is 9.57. The van der Waals surface area contributed by atoms with Crippen molar-refractivity contribution in [2.75, 3.05) is 6.54 Å². The van der Waals surface area contributed by atoms with E-state index in [2.05, 4.69) is 11.2 Å². The fourth-order valence-corrected chi connectivity index (χ4v) is 1.83. The molecule has 0 spiro atoms. The average molecular weight is 276 g/mol. The number of nitrogens with zero attached hydrogens (tertiary/aromatic N) is 1. The molecule has 0 amide bonds. The molecule has 0 fully saturated rings. The van der Waals surface area contributed by atoms with Crippen molar-refractivity contribution >= 4 is 11.7 Å². The minimum absolute atomic E-state index is 0.256. The largest absolute Gasteiger partial charge is 0.477 e. The first kappa shape index (κ1) is 15.7. The van der Waals surface area contributed by atoms with Crippen LogP contribution < -0.4 is 5.32 Å². The maximum Gasteiger partial charge on any atom is 0.343 e. The van der Waals surface area contributed by atoms with Crippen LogP contribution in [-0.2, 0) is 6.54 Å². The molecule has 6 heteroatoms. The number of unbranched alkanes of at least 4 members (excludes halogenated alkanes) is 2. The van der Waals surface area contributed by atoms with Gasteiger partial charge in [0, 0.05) is 19.0 Å². The van der Waals surface area contributed by atoms with Crippen LogP contribution in [0.3, 0.4) is 0 Å². The van der Waals surface area contributed by atoms with Gasteiger partial charge in [-0.05, 0) is 24.9 Å². The fraction of sp³-hybridized carbons (Fsp3) is 0.357. The number of aromatic carboxylic acids is 1. The molecule has 2 N–H and O–H groups in total. The highest BCUT2D eigenvalue weighted by molar-refractivity contribution is 5.94. The lowest BCUT2D eigenvalue weighted by atomic mass is 10.1. The second-order valence-electron chi connectivity index (χ2n) is 4.21. The Kier molecular flexibility index (Phi) is 6.20. The summed E-state index contributed by atoms with van der Waals surface area (Å²) in [6.45, 7) is 0.961. The van der Waals surface area contributed by atoms with Crippen LogP contribution >= 0.6 is 0 Å². The second-order valence-corrected chi connectivity index (χ2v) is 4.21. The maximum atomic E-state index is 11.2. The van der Waals surface area contributed by atoms with E-state index in [1.54, 1.807) is 6.07 Å². The van der Waals surface area contributed by atoms with Crippen molar-refractivity contribution in [3.8, 4) is 12.3 Å². The highest BCUT2D eigenvalue weighted by Gasteiger charge is 2.22. The Labute approximate surface area is 117 Å². The Morgan fingerprint density at radius 1 is 1.45 bits per heavy atom. The molecular formula is C14H16N2O4. The van der Waals surface area contributed by atoms with Gasteiger partial charge in [-0.3, -0.25) is 10.1 Å². The topological polar surface area (TPSA) is 92.5 Å². The molecule has 0 saturated carbocycles. The minimum atomic E-state index is -1.29. The molecule has 1 aromatic rings. The van der Waals surface area contributed by atoms with E-state index in [-0.39, 0.29) is 17.8 Å². The summed E-state index contributed by atoms with van der Waals surface area (Å²) in [4.78, 5) is 21.3. The predicted octanol–water partition coefficient (Wildman–Crippen LogP) is 2.19. The number of carbonyl (C=O) groups is 1. The van der Waals surface area contributed by atoms with Crippen LogP contribution in [0.25, 0.3) is 0 Å². The van der Waals surface area contributed by atoms with E-state index in [1.165, 1.54) is 12.1 Å². The number of nitrogens with one attached hydrogen (secondary N) is 1. The van der Waals surface area contributed by atoms with Gasteiger partial charge in [0.1, 0.15) is 5.56 Å². The summed E-state index contributed by atoms with van der Waals surface area (Å²) in [6, 6.07) is 4.25. The van der Waals surface area contributed by atoms with Crippen molar-refractivity contribution in [3.05, 3.63) is 39.4 Å². The van der Waals surface area contributed by atoms with Gasteiger partial charge in [-0.1, -0.05) is 12.1 Å². The highest BCUT2D eigenvalue weighted by atomic mass is 16.6. The molecule has 20 heavy (non-hydrogen) atoms. The van der Waals surface area contributed by atoms with Gasteiger partial charge in [-0.2, -0.15) is 0 Å². The number of carboxylic acids is 1. The van der Waals surface area contributed by atoms with E-state index in [0.717, 1.165) is 12.8 Å². The van der Waals surface area contributed by atoms with Crippen LogP contribution in [0.4, 0.5) is 5.69 Å². The summed E-state index contributed by atoms with van der Waals surface area (Å²) in [7, 11) is 0. The molecule has 0 heterocycles. The Morgan fingerprint density at radius 2 is 2.20 bits per heavy atom. The summed E-state index contributed by atoms with van der Waals surface area (Å²) in [5, 5.41) is 23.0. The number of benzene rings is 1. The molecule has 0 aliphatic heterocycles. The number of nitro benzene ring substituents is 1. The first-order valence-electron chi connectivity index (χ1n) is 6.21. The Hall–Kier alpha value is -2.39. The van der Waals surface area contributed by atoms with Crippen molar-refractivity contribution in [1.29, 1.82) is 0 Å². The quantitative estimate of drug-likeness (QED) is 0.328. The molecule has 0 atom stereocenters. The number of hydrogen-bond acceptors (Lipinski definition) is 4. The zero-order valence-electron chi connectivity index (χ0n) is 11.0. The van der Waals surface area contributed by atoms with Gasteiger partial charge >= 0.3 is 5.97 Å². The van der Waals surface area contributed by atoms with E-state index in [0.29, 0.717) is 18.5 Å². The van der Waals surface area contributed by atoms with E-state index in [4.69, 9.17) is 11.5 Å². The molecule has 0 radical (unpaired) electrons. The van der Waals surface area contributed by atoms with Crippen molar-refractivity contribution in [3.63, 3.8) is 0 Å². The smallest absolute Gasteiger partial charge is 0.343 e. The summed E-state index contributed by atoms with van der Waals surface area (Å²) in [5.74, 6) is 1.25. The summed E-state index contributed by atoms with van der Waals surface area (Å²) < 4.78 is 0. The zero-order chi connectivity index (χ0) is 15.0. The lowest BCUT2D eigenvalue weighted by Crippen LogP contribution is -2.17. The highest BCUT2D eigenvalue weighted by Crippen LogP contribution is 2.22. The molecule has 0 bridgehead atoms. The third kappa shape index (κ3) is 4.37. The second kappa shape index (κ2) is 7.92. The molecule has 106 valence electrons. The first-order valence-corrected chi connectivity index (χ1v) is 6.21. The number of carboxylic acid groups (broad SMARTS) is 1. The molecule has 0 aromatic heterocycles. The Bertz CT molecular complexity index is 534. The monoisotopic (exact) mass is 276 g/mol. The Balaban J connectivity index is 2.70. The van der Waals surface area contributed by atoms with Crippen LogP contribution in [0.5, 0.6) is 0 Å². The van der Waals surface area contributed by atoms with Crippen LogP contribution in [0, 0.1) is 22.5 Å². The third-order valence-electron chi connectivity index (χ3n) is 2.78. The predicted molar refractivity (Wildman–Crippen MR) is 74.4 cm³/mol. The van der Waals surface area contributed by atoms with Crippen molar-refractivity contribution in [2.24, 2.45) is 0 Å². The number of rotatable bonds is 8. The van der Waals surface area contributed by atoms with Gasteiger partial charge in [0.2, 0.25) is 0 Å². The van der Waals surface area contributed by atoms with Crippen molar-refractivity contribution in [1.82, 2.24) is 5.32 Å². The molecular weight excluding hydrogens is 260 g/mol. The van der Waals surface area contributed by atoms with E-state index in [1.807, 2.05) is 0 Å². The van der Waals surface area contributed by atoms with Gasteiger partial charge in [-0.15, -0.1) is 12.3 Å². The Morgan fingerprint density at radius 3 is 2.80 bits per heavy atom. The maximum absolute atomic E-state index is 11.2. The van der Waals surface area contributed by atoms with Crippen LogP contribution in [0.2, 0.25) is 0 Å². The lowest BCUT2D eigenvalue weighted by Gasteiger charge is -2.08. The molecule has 6 nitrogen and oxygen atoms in total. The molecule has 0 aliphatic carbocycles. The zero-order valence-corrected chi connectivity index (χ0v) is 11.0. The fourth-order valence-electron chi connectivity index (χ4n) is 1.83. The van der Waals surface area contributed by atoms with Crippen LogP contribution in [0.1, 0.15) is 35.2 Å². The summed E-state index contributed by atoms with van der Waals surface area (Å²) in [5.41, 5.74) is -0.235. The van der Waals surface area contributed by atoms with E-state index in [9.17, 15) is 14.9 Å². The van der Waals surface area contributed by atoms with Crippen molar-refractivity contribution < 1.29 is 14.8 Å².